The third kappa shape index (κ3) is 1.80. The zero-order valence-corrected chi connectivity index (χ0v) is 9.64. The van der Waals surface area contributed by atoms with Gasteiger partial charge < -0.3 is 5.32 Å². The minimum atomic E-state index is -0.0192. The predicted octanol–water partition coefficient (Wildman–Crippen LogP) is 2.41. The summed E-state index contributed by atoms with van der Waals surface area (Å²) in [5.74, 6) is -0.0351. The number of amides is 1. The van der Waals surface area contributed by atoms with Crippen molar-refractivity contribution in [3.05, 3.63) is 65.2 Å². The van der Waals surface area contributed by atoms with Crippen LogP contribution in [0, 0.1) is 0 Å². The Morgan fingerprint density at radius 1 is 1.00 bits per heavy atom. The fraction of sp³-hybridized carbons (Fsp3) is 0.0667. The van der Waals surface area contributed by atoms with Crippen LogP contribution in [-0.4, -0.2) is 11.7 Å². The lowest BCUT2D eigenvalue weighted by Crippen LogP contribution is -2.03. The van der Waals surface area contributed by atoms with Gasteiger partial charge in [0.15, 0.2) is 5.78 Å². The first-order chi connectivity index (χ1) is 8.74. The Bertz CT molecular complexity index is 632. The predicted molar refractivity (Wildman–Crippen MR) is 68.7 cm³/mol. The van der Waals surface area contributed by atoms with Gasteiger partial charge in [0.25, 0.3) is 0 Å². The summed E-state index contributed by atoms with van der Waals surface area (Å²) in [6.07, 6.45) is 0.352. The monoisotopic (exact) mass is 237 g/mol. The molecule has 1 N–H and O–H groups in total. The van der Waals surface area contributed by atoms with Gasteiger partial charge in [-0.1, -0.05) is 30.3 Å². The molecule has 3 nitrogen and oxygen atoms in total. The number of ketones is 1. The summed E-state index contributed by atoms with van der Waals surface area (Å²) < 4.78 is 0. The van der Waals surface area contributed by atoms with E-state index in [4.69, 9.17) is 0 Å². The molecule has 3 rings (SSSR count). The van der Waals surface area contributed by atoms with Gasteiger partial charge in [-0.15, -0.1) is 0 Å². The van der Waals surface area contributed by atoms with Gasteiger partial charge in [-0.2, -0.15) is 0 Å². The van der Waals surface area contributed by atoms with Gasteiger partial charge in [0.1, 0.15) is 0 Å². The van der Waals surface area contributed by atoms with E-state index in [2.05, 4.69) is 5.32 Å². The van der Waals surface area contributed by atoms with Crippen LogP contribution in [0.5, 0.6) is 0 Å². The van der Waals surface area contributed by atoms with E-state index in [-0.39, 0.29) is 11.7 Å². The lowest BCUT2D eigenvalue weighted by molar-refractivity contribution is -0.115. The molecule has 2 aromatic carbocycles. The first kappa shape index (κ1) is 10.7. The molecule has 0 bridgehead atoms. The van der Waals surface area contributed by atoms with Gasteiger partial charge in [-0.25, -0.2) is 0 Å². The van der Waals surface area contributed by atoms with E-state index in [1.807, 2.05) is 18.2 Å². The summed E-state index contributed by atoms with van der Waals surface area (Å²) in [5, 5.41) is 2.75. The lowest BCUT2D eigenvalue weighted by Gasteiger charge is -2.03. The number of hydrogen-bond donors (Lipinski definition) is 1. The number of anilines is 1. The number of nitrogens with one attached hydrogen (secondary N) is 1. The second-order valence-electron chi connectivity index (χ2n) is 4.29. The highest BCUT2D eigenvalue weighted by Crippen LogP contribution is 2.24. The first-order valence-electron chi connectivity index (χ1n) is 5.76. The van der Waals surface area contributed by atoms with E-state index >= 15 is 0 Å². The first-order valence-corrected chi connectivity index (χ1v) is 5.76. The maximum atomic E-state index is 12.2. The van der Waals surface area contributed by atoms with Crippen molar-refractivity contribution in [1.29, 1.82) is 0 Å². The van der Waals surface area contributed by atoms with Crippen molar-refractivity contribution in [2.45, 2.75) is 6.42 Å². The van der Waals surface area contributed by atoms with Crippen molar-refractivity contribution in [1.82, 2.24) is 0 Å². The lowest BCUT2D eigenvalue weighted by atomic mass is 10.0. The topological polar surface area (TPSA) is 46.2 Å². The molecule has 1 aliphatic rings. The Kier molecular flexibility index (Phi) is 2.45. The average Bonchev–Trinajstić information content (AvgIpc) is 2.78. The Balaban J connectivity index is 1.97. The van der Waals surface area contributed by atoms with E-state index in [1.165, 1.54) is 0 Å². The van der Waals surface area contributed by atoms with E-state index in [1.54, 1.807) is 30.3 Å². The molecule has 1 aliphatic heterocycles. The normalized spacial score (nSPS) is 13.0. The van der Waals surface area contributed by atoms with Crippen LogP contribution < -0.4 is 5.32 Å². The van der Waals surface area contributed by atoms with Crippen LogP contribution in [0.2, 0.25) is 0 Å². The molecule has 0 radical (unpaired) electrons. The Labute approximate surface area is 104 Å². The molecule has 0 fully saturated rings. The maximum Gasteiger partial charge on any atom is 0.228 e. The second kappa shape index (κ2) is 4.11. The number of benzene rings is 2. The largest absolute Gasteiger partial charge is 0.326 e. The quantitative estimate of drug-likeness (QED) is 0.815. The van der Waals surface area contributed by atoms with Crippen LogP contribution in [0.1, 0.15) is 21.5 Å². The van der Waals surface area contributed by atoms with Crippen molar-refractivity contribution in [3.8, 4) is 0 Å². The van der Waals surface area contributed by atoms with E-state index in [0.29, 0.717) is 17.5 Å². The van der Waals surface area contributed by atoms with Crippen molar-refractivity contribution in [3.63, 3.8) is 0 Å². The molecule has 0 unspecified atom stereocenters. The maximum absolute atomic E-state index is 12.2. The molecule has 18 heavy (non-hydrogen) atoms. The van der Waals surface area contributed by atoms with Gasteiger partial charge in [0.2, 0.25) is 5.91 Å². The van der Waals surface area contributed by atoms with E-state index in [9.17, 15) is 9.59 Å². The van der Waals surface area contributed by atoms with E-state index < -0.39 is 0 Å². The summed E-state index contributed by atoms with van der Waals surface area (Å²) in [6, 6.07) is 14.5. The van der Waals surface area contributed by atoms with Crippen LogP contribution in [0.3, 0.4) is 0 Å². The SMILES string of the molecule is O=C1Cc2cc(C(=O)c3ccccc3)ccc2N1. The molecule has 0 saturated carbocycles. The van der Waals surface area contributed by atoms with E-state index in [0.717, 1.165) is 11.3 Å². The second-order valence-corrected chi connectivity index (χ2v) is 4.29. The highest BCUT2D eigenvalue weighted by atomic mass is 16.1. The van der Waals surface area contributed by atoms with Crippen molar-refractivity contribution in [2.75, 3.05) is 5.32 Å². The number of rotatable bonds is 2. The van der Waals surface area contributed by atoms with Gasteiger partial charge in [0, 0.05) is 16.8 Å². The number of hydrogen-bond acceptors (Lipinski definition) is 2. The van der Waals surface area contributed by atoms with Crippen LogP contribution in [0.4, 0.5) is 5.69 Å². The summed E-state index contributed by atoms with van der Waals surface area (Å²) in [4.78, 5) is 23.5. The molecular formula is C15H11NO2. The highest BCUT2D eigenvalue weighted by molar-refractivity contribution is 6.10. The number of fused-ring (bicyclic) bond motifs is 1. The van der Waals surface area contributed by atoms with Crippen LogP contribution >= 0.6 is 0 Å². The zero-order chi connectivity index (χ0) is 12.5. The molecule has 0 atom stereocenters. The summed E-state index contributed by atoms with van der Waals surface area (Å²) in [6.45, 7) is 0. The third-order valence-electron chi connectivity index (χ3n) is 3.03. The van der Waals surface area contributed by atoms with Crippen molar-refractivity contribution < 1.29 is 9.59 Å². The summed E-state index contributed by atoms with van der Waals surface area (Å²) in [7, 11) is 0. The number of carbonyl (C=O) groups excluding carboxylic acids is 2. The fourth-order valence-electron chi connectivity index (χ4n) is 2.13. The van der Waals surface area contributed by atoms with Crippen LogP contribution in [0.25, 0.3) is 0 Å². The average molecular weight is 237 g/mol. The molecule has 0 aromatic heterocycles. The Morgan fingerprint density at radius 2 is 1.78 bits per heavy atom. The van der Waals surface area contributed by atoms with Crippen LogP contribution in [-0.2, 0) is 11.2 Å². The molecule has 0 spiro atoms. The highest BCUT2D eigenvalue weighted by Gasteiger charge is 2.19. The molecule has 0 aliphatic carbocycles. The molecule has 1 amide bonds. The van der Waals surface area contributed by atoms with Crippen molar-refractivity contribution in [2.24, 2.45) is 0 Å². The Morgan fingerprint density at radius 3 is 2.56 bits per heavy atom. The molecule has 2 aromatic rings. The minimum Gasteiger partial charge on any atom is -0.326 e. The van der Waals surface area contributed by atoms with Gasteiger partial charge >= 0.3 is 0 Å². The summed E-state index contributed by atoms with van der Waals surface area (Å²) >= 11 is 0. The molecule has 88 valence electrons. The Hall–Kier alpha value is -2.42. The van der Waals surface area contributed by atoms with Gasteiger partial charge in [-0.3, -0.25) is 9.59 Å². The molecular weight excluding hydrogens is 226 g/mol. The smallest absolute Gasteiger partial charge is 0.228 e. The standard InChI is InChI=1S/C15H11NO2/c17-14-9-12-8-11(6-7-13(12)16-14)15(18)10-4-2-1-3-5-10/h1-8H,9H2,(H,16,17). The molecule has 0 saturated heterocycles. The van der Waals surface area contributed by atoms with Gasteiger partial charge in [-0.05, 0) is 23.8 Å². The molecule has 1 heterocycles. The summed E-state index contributed by atoms with van der Waals surface area (Å²) in [5.41, 5.74) is 2.98. The van der Waals surface area contributed by atoms with Gasteiger partial charge in [0.05, 0.1) is 6.42 Å². The third-order valence-corrected chi connectivity index (χ3v) is 3.03. The number of carbonyl (C=O) groups is 2. The zero-order valence-electron chi connectivity index (χ0n) is 9.64. The molecule has 3 heteroatoms. The van der Waals surface area contributed by atoms with Crippen molar-refractivity contribution >= 4 is 17.4 Å². The van der Waals surface area contributed by atoms with Crippen LogP contribution in [0.15, 0.2) is 48.5 Å². The minimum absolute atomic E-state index is 0.0160. The fourth-order valence-corrected chi connectivity index (χ4v) is 2.13.